The largest absolute Gasteiger partial charge is 0.307 e. The molecule has 0 saturated carbocycles. The molecule has 114 valence electrons. The monoisotopic (exact) mass is 317 g/mol. The van der Waals surface area contributed by atoms with Crippen LogP contribution in [0.2, 0.25) is 5.02 Å². The molecule has 22 heavy (non-hydrogen) atoms. The molecular weight excluding hydrogens is 301 g/mol. The average molecular weight is 318 g/mol. The number of halogens is 2. The fourth-order valence-electron chi connectivity index (χ4n) is 2.51. The molecule has 0 radical (unpaired) electrons. The molecule has 3 nitrogen and oxygen atoms in total. The number of aryl methyl sites for hydroxylation is 1. The van der Waals surface area contributed by atoms with E-state index in [-0.39, 0.29) is 5.82 Å². The lowest BCUT2D eigenvalue weighted by atomic mass is 10.2. The van der Waals surface area contributed by atoms with Gasteiger partial charge in [-0.05, 0) is 36.2 Å². The summed E-state index contributed by atoms with van der Waals surface area (Å²) in [5, 5.41) is 4.07. The first-order valence-corrected chi connectivity index (χ1v) is 7.65. The Morgan fingerprint density at radius 2 is 1.91 bits per heavy atom. The van der Waals surface area contributed by atoms with E-state index < -0.39 is 0 Å². The number of aromatic nitrogens is 2. The van der Waals surface area contributed by atoms with Gasteiger partial charge in [-0.1, -0.05) is 30.7 Å². The van der Waals surface area contributed by atoms with Crippen LogP contribution in [0.3, 0.4) is 0 Å². The van der Waals surface area contributed by atoms with Crippen molar-refractivity contribution in [1.29, 1.82) is 0 Å². The normalized spacial score (nSPS) is 11.2. The lowest BCUT2D eigenvalue weighted by molar-refractivity contribution is 0.624. The molecule has 0 unspecified atom stereocenters. The molecule has 0 aliphatic heterocycles. The van der Waals surface area contributed by atoms with Gasteiger partial charge in [0, 0.05) is 19.3 Å². The highest BCUT2D eigenvalue weighted by Crippen LogP contribution is 2.17. The van der Waals surface area contributed by atoms with Gasteiger partial charge in [0.1, 0.15) is 11.5 Å². The molecular formula is C17H17ClFN3. The van der Waals surface area contributed by atoms with E-state index >= 15 is 0 Å². The Labute approximate surface area is 133 Å². The molecule has 0 aliphatic carbocycles. The summed E-state index contributed by atoms with van der Waals surface area (Å²) < 4.78 is 14.9. The third-order valence-electron chi connectivity index (χ3n) is 3.63. The third-order valence-corrected chi connectivity index (χ3v) is 3.86. The van der Waals surface area contributed by atoms with Gasteiger partial charge in [0.05, 0.1) is 16.4 Å². The van der Waals surface area contributed by atoms with Gasteiger partial charge in [-0.15, -0.1) is 0 Å². The minimum atomic E-state index is -0.214. The number of pyridine rings is 1. The Bertz CT molecular complexity index is 780. The first kappa shape index (κ1) is 15.0. The van der Waals surface area contributed by atoms with Crippen molar-refractivity contribution in [2.75, 3.05) is 0 Å². The van der Waals surface area contributed by atoms with Crippen molar-refractivity contribution in [3.8, 4) is 0 Å². The molecule has 0 saturated heterocycles. The van der Waals surface area contributed by atoms with E-state index in [0.29, 0.717) is 18.1 Å². The summed E-state index contributed by atoms with van der Waals surface area (Å²) >= 11 is 6.08. The van der Waals surface area contributed by atoms with E-state index in [9.17, 15) is 4.39 Å². The quantitative estimate of drug-likeness (QED) is 0.771. The Morgan fingerprint density at radius 3 is 2.64 bits per heavy atom. The molecule has 0 atom stereocenters. The smallest absolute Gasteiger partial charge is 0.137 e. The van der Waals surface area contributed by atoms with E-state index in [1.54, 1.807) is 12.1 Å². The fourth-order valence-corrected chi connectivity index (χ4v) is 2.67. The highest BCUT2D eigenvalue weighted by Gasteiger charge is 2.10. The summed E-state index contributed by atoms with van der Waals surface area (Å²) in [6.45, 7) is 3.45. The Balaban J connectivity index is 1.77. The first-order valence-electron chi connectivity index (χ1n) is 7.28. The number of nitrogens with zero attached hydrogens (tertiary/aromatic N) is 2. The summed E-state index contributed by atoms with van der Waals surface area (Å²) in [6, 6.07) is 10.3. The van der Waals surface area contributed by atoms with Gasteiger partial charge in [-0.25, -0.2) is 9.37 Å². The molecule has 5 heteroatoms. The maximum atomic E-state index is 12.9. The molecule has 0 spiro atoms. The second-order valence-electron chi connectivity index (χ2n) is 5.16. The van der Waals surface area contributed by atoms with Crippen LogP contribution in [-0.2, 0) is 19.5 Å². The van der Waals surface area contributed by atoms with Gasteiger partial charge in [0.15, 0.2) is 0 Å². The number of imidazole rings is 1. The first-order chi connectivity index (χ1) is 10.7. The van der Waals surface area contributed by atoms with E-state index in [1.807, 2.05) is 22.7 Å². The lowest BCUT2D eigenvalue weighted by Gasteiger charge is -2.07. The van der Waals surface area contributed by atoms with E-state index in [4.69, 9.17) is 11.6 Å². The van der Waals surface area contributed by atoms with Crippen molar-refractivity contribution in [3.05, 3.63) is 70.4 Å². The van der Waals surface area contributed by atoms with Crippen LogP contribution in [0.4, 0.5) is 4.39 Å². The molecule has 1 aromatic carbocycles. The number of hydrogen-bond acceptors (Lipinski definition) is 2. The highest BCUT2D eigenvalue weighted by atomic mass is 35.5. The third kappa shape index (κ3) is 3.13. The zero-order valence-corrected chi connectivity index (χ0v) is 13.1. The lowest BCUT2D eigenvalue weighted by Crippen LogP contribution is -2.15. The van der Waals surface area contributed by atoms with Crippen LogP contribution in [0.15, 0.2) is 42.6 Å². The predicted molar refractivity (Wildman–Crippen MR) is 86.5 cm³/mol. The molecule has 3 rings (SSSR count). The SMILES string of the molecule is CCc1nc2ccc(Cl)cn2c1CNCc1ccc(F)cc1. The molecule has 0 aliphatic rings. The number of fused-ring (bicyclic) bond motifs is 1. The van der Waals surface area contributed by atoms with Crippen molar-refractivity contribution in [1.82, 2.24) is 14.7 Å². The molecule has 2 aromatic heterocycles. The molecule has 0 amide bonds. The molecule has 2 heterocycles. The fraction of sp³-hybridized carbons (Fsp3) is 0.235. The van der Waals surface area contributed by atoms with E-state index in [2.05, 4.69) is 17.2 Å². The van der Waals surface area contributed by atoms with Crippen LogP contribution in [0.25, 0.3) is 5.65 Å². The van der Waals surface area contributed by atoms with E-state index in [1.165, 1.54) is 12.1 Å². The Morgan fingerprint density at radius 1 is 1.14 bits per heavy atom. The van der Waals surface area contributed by atoms with Gasteiger partial charge in [0.2, 0.25) is 0 Å². The summed E-state index contributed by atoms with van der Waals surface area (Å²) in [6.07, 6.45) is 2.75. The number of rotatable bonds is 5. The zero-order valence-electron chi connectivity index (χ0n) is 12.3. The average Bonchev–Trinajstić information content (AvgIpc) is 2.86. The predicted octanol–water partition coefficient (Wildman–Crippen LogP) is 3.98. The second kappa shape index (κ2) is 6.46. The Kier molecular flexibility index (Phi) is 4.41. The van der Waals surface area contributed by atoms with Gasteiger partial charge in [0.25, 0.3) is 0 Å². The maximum absolute atomic E-state index is 12.9. The van der Waals surface area contributed by atoms with Crippen molar-refractivity contribution in [2.24, 2.45) is 0 Å². The van der Waals surface area contributed by atoms with Gasteiger partial charge in [-0.2, -0.15) is 0 Å². The van der Waals surface area contributed by atoms with Gasteiger partial charge in [-0.3, -0.25) is 0 Å². The van der Waals surface area contributed by atoms with Crippen molar-refractivity contribution >= 4 is 17.2 Å². The van der Waals surface area contributed by atoms with Crippen molar-refractivity contribution in [2.45, 2.75) is 26.4 Å². The standard InChI is InChI=1S/C17H17ClFN3/c1-2-15-16(22-11-13(18)5-8-17(22)21-15)10-20-9-12-3-6-14(19)7-4-12/h3-8,11,20H,2,9-10H2,1H3. The molecule has 0 bridgehead atoms. The van der Waals surface area contributed by atoms with Crippen LogP contribution in [0, 0.1) is 5.82 Å². The van der Waals surface area contributed by atoms with Gasteiger partial charge >= 0.3 is 0 Å². The molecule has 3 aromatic rings. The topological polar surface area (TPSA) is 29.3 Å². The van der Waals surface area contributed by atoms with Crippen LogP contribution < -0.4 is 5.32 Å². The Hall–Kier alpha value is -1.91. The van der Waals surface area contributed by atoms with Gasteiger partial charge < -0.3 is 9.72 Å². The zero-order chi connectivity index (χ0) is 15.5. The van der Waals surface area contributed by atoms with Crippen LogP contribution >= 0.6 is 11.6 Å². The summed E-state index contributed by atoms with van der Waals surface area (Å²) in [4.78, 5) is 4.62. The number of hydrogen-bond donors (Lipinski definition) is 1. The summed E-state index contributed by atoms with van der Waals surface area (Å²) in [7, 11) is 0. The second-order valence-corrected chi connectivity index (χ2v) is 5.60. The summed E-state index contributed by atoms with van der Waals surface area (Å²) in [5.41, 5.74) is 4.13. The van der Waals surface area contributed by atoms with Crippen molar-refractivity contribution in [3.63, 3.8) is 0 Å². The maximum Gasteiger partial charge on any atom is 0.137 e. The molecule has 0 fully saturated rings. The summed E-state index contributed by atoms with van der Waals surface area (Å²) in [5.74, 6) is -0.214. The van der Waals surface area contributed by atoms with Crippen LogP contribution in [0.1, 0.15) is 23.9 Å². The highest BCUT2D eigenvalue weighted by molar-refractivity contribution is 6.30. The minimum absolute atomic E-state index is 0.214. The van der Waals surface area contributed by atoms with Crippen LogP contribution in [0.5, 0.6) is 0 Å². The van der Waals surface area contributed by atoms with Crippen LogP contribution in [-0.4, -0.2) is 9.38 Å². The molecule has 1 N–H and O–H groups in total. The number of benzene rings is 1. The minimum Gasteiger partial charge on any atom is -0.307 e. The number of nitrogens with one attached hydrogen (secondary N) is 1. The van der Waals surface area contributed by atoms with Crippen molar-refractivity contribution < 1.29 is 4.39 Å². The van der Waals surface area contributed by atoms with E-state index in [0.717, 1.165) is 29.0 Å².